The largest absolute Gasteiger partial charge is 0.437 e. The summed E-state index contributed by atoms with van der Waals surface area (Å²) in [6.07, 6.45) is 2.86. The van der Waals surface area contributed by atoms with Gasteiger partial charge in [0.25, 0.3) is 0 Å². The van der Waals surface area contributed by atoms with Gasteiger partial charge in [-0.3, -0.25) is 4.79 Å². The lowest BCUT2D eigenvalue weighted by atomic mass is 10.2. The number of rotatable bonds is 4. The Hall–Kier alpha value is -3.61. The molecule has 7 heteroatoms. The molecule has 1 aromatic heterocycles. The fourth-order valence-electron chi connectivity index (χ4n) is 2.12. The number of fused-ring (bicyclic) bond motifs is 1. The fraction of sp³-hybridized carbons (Fsp3) is 0.0556. The summed E-state index contributed by atoms with van der Waals surface area (Å²) in [5, 5.41) is 7.81. The van der Waals surface area contributed by atoms with Gasteiger partial charge >= 0.3 is 6.03 Å². The molecule has 0 saturated heterocycles. The number of hydrogen-bond acceptors (Lipinski definition) is 4. The van der Waals surface area contributed by atoms with Crippen LogP contribution in [-0.4, -0.2) is 24.0 Å². The number of benzene rings is 2. The van der Waals surface area contributed by atoms with Gasteiger partial charge < -0.3 is 20.4 Å². The van der Waals surface area contributed by atoms with Crippen molar-refractivity contribution in [3.8, 4) is 0 Å². The second kappa shape index (κ2) is 7.31. The van der Waals surface area contributed by atoms with E-state index in [1.54, 1.807) is 24.3 Å². The minimum absolute atomic E-state index is 0.307. The Balaban J connectivity index is 1.60. The number of anilines is 2. The smallest absolute Gasteiger partial charge is 0.318 e. The van der Waals surface area contributed by atoms with E-state index in [0.717, 1.165) is 5.52 Å². The second-order valence-corrected chi connectivity index (χ2v) is 5.12. The summed E-state index contributed by atoms with van der Waals surface area (Å²) in [7, 11) is 1.53. The molecule has 0 saturated carbocycles. The third-order valence-electron chi connectivity index (χ3n) is 3.33. The van der Waals surface area contributed by atoms with E-state index in [9.17, 15) is 9.59 Å². The van der Waals surface area contributed by atoms with E-state index in [4.69, 9.17) is 4.42 Å². The molecule has 0 aliphatic rings. The molecule has 3 N–H and O–H groups in total. The summed E-state index contributed by atoms with van der Waals surface area (Å²) >= 11 is 0. The van der Waals surface area contributed by atoms with E-state index in [1.165, 1.54) is 19.2 Å². The molecule has 0 fully saturated rings. The molecule has 0 spiro atoms. The van der Waals surface area contributed by atoms with Crippen molar-refractivity contribution >= 4 is 40.5 Å². The van der Waals surface area contributed by atoms with Crippen molar-refractivity contribution in [1.82, 2.24) is 10.3 Å². The van der Waals surface area contributed by atoms with Crippen molar-refractivity contribution in [2.45, 2.75) is 0 Å². The second-order valence-electron chi connectivity index (χ2n) is 5.12. The number of hydrogen-bond donors (Lipinski definition) is 3. The van der Waals surface area contributed by atoms with Crippen LogP contribution in [0.4, 0.5) is 16.2 Å². The zero-order valence-corrected chi connectivity index (χ0v) is 13.4. The van der Waals surface area contributed by atoms with Crippen LogP contribution in [0, 0.1) is 0 Å². The average molecular weight is 336 g/mol. The first kappa shape index (κ1) is 16.3. The van der Waals surface area contributed by atoms with Crippen LogP contribution in [0.25, 0.3) is 17.2 Å². The maximum atomic E-state index is 12.0. The van der Waals surface area contributed by atoms with Gasteiger partial charge in [0.15, 0.2) is 5.58 Å². The number of para-hydroxylation sites is 2. The quantitative estimate of drug-likeness (QED) is 0.637. The SMILES string of the molecule is CNC(=O)Nc1ccc(NC(=O)/C=C/c2nc3ccccc3o2)cc1. The van der Waals surface area contributed by atoms with Crippen LogP contribution in [0.2, 0.25) is 0 Å². The van der Waals surface area contributed by atoms with Gasteiger partial charge in [-0.15, -0.1) is 0 Å². The van der Waals surface area contributed by atoms with Crippen LogP contribution in [0.5, 0.6) is 0 Å². The molecule has 0 unspecified atom stereocenters. The highest BCUT2D eigenvalue weighted by Crippen LogP contribution is 2.16. The molecule has 25 heavy (non-hydrogen) atoms. The van der Waals surface area contributed by atoms with Gasteiger partial charge in [-0.2, -0.15) is 0 Å². The Morgan fingerprint density at radius 2 is 1.68 bits per heavy atom. The maximum absolute atomic E-state index is 12.0. The van der Waals surface area contributed by atoms with E-state index in [1.807, 2.05) is 24.3 Å². The van der Waals surface area contributed by atoms with Gasteiger partial charge in [0.2, 0.25) is 11.8 Å². The lowest BCUT2D eigenvalue weighted by molar-refractivity contribution is -0.111. The molecule has 0 bridgehead atoms. The van der Waals surface area contributed by atoms with E-state index in [2.05, 4.69) is 20.9 Å². The molecule has 7 nitrogen and oxygen atoms in total. The molecule has 126 valence electrons. The topological polar surface area (TPSA) is 96.3 Å². The summed E-state index contributed by atoms with van der Waals surface area (Å²) in [5.74, 6) is 0.0516. The first-order valence-corrected chi connectivity index (χ1v) is 7.57. The lowest BCUT2D eigenvalue weighted by Gasteiger charge is -2.06. The average Bonchev–Trinajstić information content (AvgIpc) is 3.04. The van der Waals surface area contributed by atoms with Gasteiger partial charge in [0, 0.05) is 30.6 Å². The van der Waals surface area contributed by atoms with E-state index in [0.29, 0.717) is 22.8 Å². The molecular formula is C18H16N4O3. The van der Waals surface area contributed by atoms with Crippen LogP contribution in [-0.2, 0) is 4.79 Å². The molecule has 0 radical (unpaired) electrons. The Morgan fingerprint density at radius 3 is 2.36 bits per heavy atom. The summed E-state index contributed by atoms with van der Waals surface area (Å²) in [6.45, 7) is 0. The number of urea groups is 1. The molecule has 0 aliphatic heterocycles. The Labute approximate surface area is 143 Å². The van der Waals surface area contributed by atoms with Crippen molar-refractivity contribution in [1.29, 1.82) is 0 Å². The molecule has 2 aromatic carbocycles. The molecule has 1 heterocycles. The maximum Gasteiger partial charge on any atom is 0.318 e. The molecule has 0 aliphatic carbocycles. The van der Waals surface area contributed by atoms with Crippen molar-refractivity contribution in [2.24, 2.45) is 0 Å². The Morgan fingerprint density at radius 1 is 1.00 bits per heavy atom. The van der Waals surface area contributed by atoms with E-state index < -0.39 is 0 Å². The zero-order chi connectivity index (χ0) is 17.6. The highest BCUT2D eigenvalue weighted by Gasteiger charge is 2.03. The van der Waals surface area contributed by atoms with Crippen molar-refractivity contribution in [3.05, 3.63) is 60.5 Å². The highest BCUT2D eigenvalue weighted by atomic mass is 16.3. The van der Waals surface area contributed by atoms with Crippen molar-refractivity contribution in [2.75, 3.05) is 17.7 Å². The van der Waals surface area contributed by atoms with Crippen LogP contribution < -0.4 is 16.0 Å². The number of oxazole rings is 1. The van der Waals surface area contributed by atoms with Crippen LogP contribution in [0.1, 0.15) is 5.89 Å². The zero-order valence-electron chi connectivity index (χ0n) is 13.4. The normalized spacial score (nSPS) is 10.8. The summed E-state index contributed by atoms with van der Waals surface area (Å²) in [5.41, 5.74) is 2.64. The van der Waals surface area contributed by atoms with Crippen LogP contribution >= 0.6 is 0 Å². The number of nitrogens with one attached hydrogen (secondary N) is 3. The predicted octanol–water partition coefficient (Wildman–Crippen LogP) is 3.23. The van der Waals surface area contributed by atoms with Gasteiger partial charge in [0.05, 0.1) is 0 Å². The first-order valence-electron chi connectivity index (χ1n) is 7.57. The summed E-state index contributed by atoms with van der Waals surface area (Å²) in [6, 6.07) is 13.8. The third kappa shape index (κ3) is 4.23. The molecule has 3 amide bonds. The molecule has 0 atom stereocenters. The number of nitrogens with zero attached hydrogens (tertiary/aromatic N) is 1. The first-order chi connectivity index (χ1) is 12.1. The van der Waals surface area contributed by atoms with E-state index in [-0.39, 0.29) is 11.9 Å². The standard InChI is InChI=1S/C18H16N4O3/c1-19-18(24)21-13-8-6-12(7-9-13)20-16(23)10-11-17-22-14-4-2-3-5-15(14)25-17/h2-11H,1H3,(H,20,23)(H2,19,21,24)/b11-10+. The van der Waals surface area contributed by atoms with Gasteiger partial charge in [-0.25, -0.2) is 9.78 Å². The number of carbonyl (C=O) groups is 2. The number of carbonyl (C=O) groups excluding carboxylic acids is 2. The number of aromatic nitrogens is 1. The van der Waals surface area contributed by atoms with Gasteiger partial charge in [-0.05, 0) is 36.4 Å². The monoisotopic (exact) mass is 336 g/mol. The van der Waals surface area contributed by atoms with Gasteiger partial charge in [-0.1, -0.05) is 12.1 Å². The minimum Gasteiger partial charge on any atom is -0.437 e. The lowest BCUT2D eigenvalue weighted by Crippen LogP contribution is -2.24. The van der Waals surface area contributed by atoms with Crippen molar-refractivity contribution in [3.63, 3.8) is 0 Å². The van der Waals surface area contributed by atoms with Crippen molar-refractivity contribution < 1.29 is 14.0 Å². The van der Waals surface area contributed by atoms with Crippen LogP contribution in [0.3, 0.4) is 0 Å². The molecule has 3 aromatic rings. The number of amides is 3. The Bertz CT molecular complexity index is 896. The molecular weight excluding hydrogens is 320 g/mol. The van der Waals surface area contributed by atoms with Gasteiger partial charge in [0.1, 0.15) is 5.52 Å². The molecule has 3 rings (SSSR count). The minimum atomic E-state index is -0.311. The third-order valence-corrected chi connectivity index (χ3v) is 3.33. The highest BCUT2D eigenvalue weighted by molar-refractivity contribution is 6.02. The fourth-order valence-corrected chi connectivity index (χ4v) is 2.12. The summed E-state index contributed by atoms with van der Waals surface area (Å²) < 4.78 is 5.51. The Kier molecular flexibility index (Phi) is 4.75. The predicted molar refractivity (Wildman–Crippen MR) is 96.2 cm³/mol. The summed E-state index contributed by atoms with van der Waals surface area (Å²) in [4.78, 5) is 27.4. The van der Waals surface area contributed by atoms with Crippen LogP contribution in [0.15, 0.2) is 59.0 Å². The van der Waals surface area contributed by atoms with E-state index >= 15 is 0 Å².